The fourth-order valence-corrected chi connectivity index (χ4v) is 7.95. The van der Waals surface area contributed by atoms with Gasteiger partial charge in [-0.1, -0.05) is 60.7 Å². The molecule has 0 bridgehead atoms. The molecule has 2 fully saturated rings. The Hall–Kier alpha value is -2.55. The molecule has 2 saturated heterocycles. The largest absolute Gasteiger partial charge is 0.506 e. The second kappa shape index (κ2) is 6.80. The molecule has 0 aliphatic carbocycles. The maximum absolute atomic E-state index is 14.7. The number of nitrogens with zero attached hydrogens (tertiary/aromatic N) is 2. The van der Waals surface area contributed by atoms with Crippen molar-refractivity contribution < 1.29 is 9.67 Å². The number of hydrogen-bond acceptors (Lipinski definition) is 2. The average Bonchev–Trinajstić information content (AvgIpc) is 3.32. The van der Waals surface area contributed by atoms with Crippen molar-refractivity contribution in [1.29, 1.82) is 0 Å². The normalized spacial score (nSPS) is 24.4. The highest BCUT2D eigenvalue weighted by Gasteiger charge is 2.52. The fourth-order valence-electron chi connectivity index (χ4n) is 4.56. The Labute approximate surface area is 165 Å². The lowest BCUT2D eigenvalue weighted by molar-refractivity contribution is 0.433. The molecule has 1 N–H and O–H groups in total. The lowest BCUT2D eigenvalue weighted by Crippen LogP contribution is -2.27. The molecule has 2 heterocycles. The summed E-state index contributed by atoms with van der Waals surface area (Å²) in [5, 5.41) is 11.8. The van der Waals surface area contributed by atoms with Crippen LogP contribution in [0.25, 0.3) is 11.1 Å². The Balaban J connectivity index is 1.68. The zero-order chi connectivity index (χ0) is 19.1. The molecule has 0 radical (unpaired) electrons. The summed E-state index contributed by atoms with van der Waals surface area (Å²) in [7, 11) is -3.13. The van der Waals surface area contributed by atoms with Gasteiger partial charge >= 0.3 is 0 Å². The molecule has 5 rings (SSSR count). The van der Waals surface area contributed by atoms with Gasteiger partial charge < -0.3 is 9.78 Å². The van der Waals surface area contributed by atoms with Gasteiger partial charge in [-0.05, 0) is 36.6 Å². The third-order valence-electron chi connectivity index (χ3n) is 5.87. The SMILES string of the molecule is O=P1(c2cccc(-c3ccccc3)c2O)N(c2ccccc2)CC2CCCN21. The number of phenols is 1. The molecule has 3 aromatic carbocycles. The van der Waals surface area contributed by atoms with Crippen molar-refractivity contribution in [1.82, 2.24) is 4.67 Å². The van der Waals surface area contributed by atoms with E-state index in [1.165, 1.54) is 0 Å². The van der Waals surface area contributed by atoms with E-state index in [4.69, 9.17) is 0 Å². The zero-order valence-electron chi connectivity index (χ0n) is 15.6. The summed E-state index contributed by atoms with van der Waals surface area (Å²) >= 11 is 0. The van der Waals surface area contributed by atoms with Crippen LogP contribution in [0, 0.1) is 0 Å². The summed E-state index contributed by atoms with van der Waals surface area (Å²) in [6.45, 7) is 1.54. The molecular formula is C23H23N2O2P. The quantitative estimate of drug-likeness (QED) is 0.649. The first-order valence-electron chi connectivity index (χ1n) is 9.78. The Morgan fingerprint density at radius 2 is 1.61 bits per heavy atom. The summed E-state index contributed by atoms with van der Waals surface area (Å²) in [5.41, 5.74) is 2.60. The summed E-state index contributed by atoms with van der Waals surface area (Å²) in [4.78, 5) is 0. The Bertz CT molecular complexity index is 1040. The topological polar surface area (TPSA) is 43.8 Å². The van der Waals surface area contributed by atoms with Crippen LogP contribution < -0.4 is 9.97 Å². The van der Waals surface area contributed by atoms with E-state index in [1.807, 2.05) is 83.5 Å². The van der Waals surface area contributed by atoms with E-state index in [0.29, 0.717) is 5.30 Å². The lowest BCUT2D eigenvalue weighted by Gasteiger charge is -2.32. The van der Waals surface area contributed by atoms with Gasteiger partial charge in [-0.25, -0.2) is 4.67 Å². The Morgan fingerprint density at radius 1 is 0.893 bits per heavy atom. The standard InChI is InChI=1S/C23H23N2O2P/c26-23-21(18-9-3-1-4-10-18)14-7-15-22(23)28(27)24-16-8-13-20(24)17-25(28)19-11-5-2-6-12-19/h1-7,9-12,14-15,20,26H,8,13,16-17H2. The van der Waals surface area contributed by atoms with Gasteiger partial charge in [0.25, 0.3) is 7.44 Å². The van der Waals surface area contributed by atoms with Crippen molar-refractivity contribution in [2.24, 2.45) is 0 Å². The molecule has 0 aromatic heterocycles. The molecule has 2 atom stereocenters. The molecule has 142 valence electrons. The van der Waals surface area contributed by atoms with Crippen LogP contribution >= 0.6 is 7.44 Å². The lowest BCUT2D eigenvalue weighted by atomic mass is 10.1. The second-order valence-corrected chi connectivity index (χ2v) is 10.0. The summed E-state index contributed by atoms with van der Waals surface area (Å²) < 4.78 is 18.8. The van der Waals surface area contributed by atoms with Gasteiger partial charge in [-0.2, -0.15) is 0 Å². The van der Waals surface area contributed by atoms with Gasteiger partial charge in [-0.15, -0.1) is 0 Å². The molecule has 2 aliphatic heterocycles. The van der Waals surface area contributed by atoms with Gasteiger partial charge in [0.05, 0.1) is 5.30 Å². The van der Waals surface area contributed by atoms with E-state index in [-0.39, 0.29) is 11.8 Å². The molecule has 0 amide bonds. The van der Waals surface area contributed by atoms with Crippen LogP contribution in [-0.4, -0.2) is 28.9 Å². The molecule has 0 spiro atoms. The first-order chi connectivity index (χ1) is 13.7. The smallest absolute Gasteiger partial charge is 0.273 e. The molecule has 4 nitrogen and oxygen atoms in total. The number of para-hydroxylation sites is 2. The van der Waals surface area contributed by atoms with Crippen LogP contribution in [0.3, 0.4) is 0 Å². The van der Waals surface area contributed by atoms with Gasteiger partial charge in [0, 0.05) is 30.4 Å². The van der Waals surface area contributed by atoms with Gasteiger partial charge in [0.2, 0.25) is 0 Å². The molecule has 0 saturated carbocycles. The van der Waals surface area contributed by atoms with E-state index in [1.54, 1.807) is 0 Å². The summed E-state index contributed by atoms with van der Waals surface area (Å²) in [5.74, 6) is 0.130. The molecule has 5 heteroatoms. The minimum Gasteiger partial charge on any atom is -0.506 e. The van der Waals surface area contributed by atoms with Crippen molar-refractivity contribution in [3.05, 3.63) is 78.9 Å². The first-order valence-corrected chi connectivity index (χ1v) is 11.4. The number of hydrogen-bond donors (Lipinski definition) is 1. The van der Waals surface area contributed by atoms with Crippen LogP contribution in [0.4, 0.5) is 5.69 Å². The maximum atomic E-state index is 14.7. The minimum absolute atomic E-state index is 0.130. The zero-order valence-corrected chi connectivity index (χ0v) is 16.5. The molecule has 3 aromatic rings. The molecule has 2 unspecified atom stereocenters. The van der Waals surface area contributed by atoms with Crippen molar-refractivity contribution in [2.75, 3.05) is 17.8 Å². The Morgan fingerprint density at radius 3 is 2.36 bits per heavy atom. The van der Waals surface area contributed by atoms with E-state index in [2.05, 4.69) is 4.67 Å². The molecule has 28 heavy (non-hydrogen) atoms. The van der Waals surface area contributed by atoms with Gasteiger partial charge in [0.15, 0.2) is 0 Å². The fraction of sp³-hybridized carbons (Fsp3) is 0.217. The third-order valence-corrected chi connectivity index (χ3v) is 9.13. The van der Waals surface area contributed by atoms with Crippen molar-refractivity contribution in [2.45, 2.75) is 18.9 Å². The third kappa shape index (κ3) is 2.60. The van der Waals surface area contributed by atoms with Crippen LogP contribution in [0.1, 0.15) is 12.8 Å². The molecular weight excluding hydrogens is 367 g/mol. The highest BCUT2D eigenvalue weighted by Crippen LogP contribution is 2.63. The number of rotatable bonds is 3. The van der Waals surface area contributed by atoms with Crippen LogP contribution in [-0.2, 0) is 4.57 Å². The second-order valence-electron chi connectivity index (χ2n) is 7.46. The minimum atomic E-state index is -3.13. The monoisotopic (exact) mass is 390 g/mol. The van der Waals surface area contributed by atoms with E-state index >= 15 is 0 Å². The predicted molar refractivity (Wildman–Crippen MR) is 114 cm³/mol. The van der Waals surface area contributed by atoms with E-state index in [0.717, 1.165) is 42.7 Å². The van der Waals surface area contributed by atoms with E-state index in [9.17, 15) is 9.67 Å². The highest BCUT2D eigenvalue weighted by atomic mass is 31.2. The summed E-state index contributed by atoms with van der Waals surface area (Å²) in [6, 6.07) is 25.6. The van der Waals surface area contributed by atoms with E-state index < -0.39 is 7.44 Å². The van der Waals surface area contributed by atoms with Crippen LogP contribution in [0.15, 0.2) is 78.9 Å². The average molecular weight is 390 g/mol. The van der Waals surface area contributed by atoms with Crippen molar-refractivity contribution >= 4 is 18.4 Å². The van der Waals surface area contributed by atoms with Crippen molar-refractivity contribution in [3.8, 4) is 16.9 Å². The number of benzene rings is 3. The van der Waals surface area contributed by atoms with Gasteiger partial charge in [-0.3, -0.25) is 4.57 Å². The number of phenolic OH excluding ortho intramolecular Hbond substituents is 1. The van der Waals surface area contributed by atoms with Crippen molar-refractivity contribution in [3.63, 3.8) is 0 Å². The van der Waals surface area contributed by atoms with Crippen LogP contribution in [0.5, 0.6) is 5.75 Å². The number of aromatic hydroxyl groups is 1. The first kappa shape index (κ1) is 17.5. The highest BCUT2D eigenvalue weighted by molar-refractivity contribution is 7.71. The predicted octanol–water partition coefficient (Wildman–Crippen LogP) is 4.86. The molecule has 2 aliphatic rings. The maximum Gasteiger partial charge on any atom is 0.273 e. The number of fused-ring (bicyclic) bond motifs is 1. The van der Waals surface area contributed by atoms with Gasteiger partial charge in [0.1, 0.15) is 5.75 Å². The number of anilines is 1. The summed E-state index contributed by atoms with van der Waals surface area (Å²) in [6.07, 6.45) is 2.10. The Kier molecular flexibility index (Phi) is 4.26. The van der Waals surface area contributed by atoms with Crippen LogP contribution in [0.2, 0.25) is 0 Å².